The lowest BCUT2D eigenvalue weighted by atomic mass is 9.82. The summed E-state index contributed by atoms with van der Waals surface area (Å²) in [6.07, 6.45) is 10.1. The molecule has 0 aromatic carbocycles. The molecule has 4 atom stereocenters. The Labute approximate surface area is 174 Å². The van der Waals surface area contributed by atoms with E-state index in [1.54, 1.807) is 0 Å². The van der Waals surface area contributed by atoms with Crippen molar-refractivity contribution in [3.8, 4) is 0 Å². The number of thiophene rings is 1. The fraction of sp³-hybridized carbons (Fsp3) is 0.591. The van der Waals surface area contributed by atoms with Crippen LogP contribution in [-0.2, 0) is 9.59 Å². The van der Waals surface area contributed by atoms with E-state index in [4.69, 9.17) is 0 Å². The van der Waals surface area contributed by atoms with Crippen LogP contribution in [0.3, 0.4) is 0 Å². The number of amides is 2. The molecule has 0 aliphatic heterocycles. The normalized spacial score (nSPS) is 28.5. The number of nitrogens with one attached hydrogen (secondary N) is 2. The Morgan fingerprint density at radius 2 is 1.69 bits per heavy atom. The van der Waals surface area contributed by atoms with Crippen LogP contribution in [-0.4, -0.2) is 28.9 Å². The van der Waals surface area contributed by atoms with Gasteiger partial charge in [0.1, 0.15) is 5.00 Å². The summed E-state index contributed by atoms with van der Waals surface area (Å²) >= 11 is 1.39. The molecule has 156 valence electrons. The van der Waals surface area contributed by atoms with Crippen molar-refractivity contribution in [3.05, 3.63) is 28.2 Å². The van der Waals surface area contributed by atoms with Crippen molar-refractivity contribution in [2.75, 3.05) is 5.32 Å². The summed E-state index contributed by atoms with van der Waals surface area (Å²) in [4.78, 5) is 38.8. The second-order valence-electron chi connectivity index (χ2n) is 8.62. The first-order valence-electron chi connectivity index (χ1n) is 10.5. The van der Waals surface area contributed by atoms with Gasteiger partial charge in [-0.2, -0.15) is 0 Å². The maximum Gasteiger partial charge on any atom is 0.307 e. The van der Waals surface area contributed by atoms with Gasteiger partial charge in [0.15, 0.2) is 0 Å². The van der Waals surface area contributed by atoms with Crippen LogP contribution in [0.25, 0.3) is 0 Å². The number of aryl methyl sites for hydroxylation is 1. The summed E-state index contributed by atoms with van der Waals surface area (Å²) in [5.74, 6) is -2.74. The minimum Gasteiger partial charge on any atom is -0.481 e. The van der Waals surface area contributed by atoms with Crippen molar-refractivity contribution in [2.45, 2.75) is 58.4 Å². The van der Waals surface area contributed by atoms with Crippen molar-refractivity contribution >= 4 is 34.1 Å². The molecular weight excluding hydrogens is 388 g/mol. The highest BCUT2D eigenvalue weighted by atomic mass is 32.1. The van der Waals surface area contributed by atoms with Gasteiger partial charge in [-0.05, 0) is 50.5 Å². The van der Waals surface area contributed by atoms with Crippen LogP contribution in [0.15, 0.2) is 12.2 Å². The maximum absolute atomic E-state index is 13.1. The highest BCUT2D eigenvalue weighted by Crippen LogP contribution is 2.48. The van der Waals surface area contributed by atoms with Crippen LogP contribution in [0.2, 0.25) is 0 Å². The molecule has 0 spiro atoms. The lowest BCUT2D eigenvalue weighted by Crippen LogP contribution is -2.38. The van der Waals surface area contributed by atoms with E-state index in [-0.39, 0.29) is 29.7 Å². The number of carboxylic acid groups (broad SMARTS) is 1. The van der Waals surface area contributed by atoms with Gasteiger partial charge in [0.2, 0.25) is 5.91 Å². The third-order valence-electron chi connectivity index (χ3n) is 6.84. The van der Waals surface area contributed by atoms with Crippen LogP contribution in [0.5, 0.6) is 0 Å². The second-order valence-corrected chi connectivity index (χ2v) is 9.85. The van der Waals surface area contributed by atoms with Crippen LogP contribution >= 0.6 is 11.3 Å². The average molecular weight is 417 g/mol. The Morgan fingerprint density at radius 3 is 2.34 bits per heavy atom. The van der Waals surface area contributed by atoms with Gasteiger partial charge in [0.25, 0.3) is 5.91 Å². The molecule has 1 heterocycles. The quantitative estimate of drug-likeness (QED) is 0.635. The Kier molecular flexibility index (Phi) is 5.51. The summed E-state index contributed by atoms with van der Waals surface area (Å²) in [7, 11) is 0. The predicted octanol–water partition coefficient (Wildman–Crippen LogP) is 3.89. The highest BCUT2D eigenvalue weighted by Gasteiger charge is 2.51. The van der Waals surface area contributed by atoms with E-state index in [9.17, 15) is 19.5 Å². The van der Waals surface area contributed by atoms with E-state index >= 15 is 0 Å². The number of carboxylic acids is 1. The fourth-order valence-corrected chi connectivity index (χ4v) is 6.27. The van der Waals surface area contributed by atoms with Gasteiger partial charge in [0, 0.05) is 10.9 Å². The number of hydrogen-bond acceptors (Lipinski definition) is 4. The Morgan fingerprint density at radius 1 is 1.03 bits per heavy atom. The molecule has 4 rings (SSSR count). The van der Waals surface area contributed by atoms with Gasteiger partial charge in [-0.3, -0.25) is 14.4 Å². The molecule has 2 saturated carbocycles. The summed E-state index contributed by atoms with van der Waals surface area (Å²) in [6.45, 7) is 3.84. The zero-order valence-electron chi connectivity index (χ0n) is 16.9. The minimum absolute atomic E-state index is 0.0391. The molecule has 1 aromatic rings. The lowest BCUT2D eigenvalue weighted by molar-refractivity contribution is -0.146. The number of rotatable bonds is 5. The molecule has 2 fully saturated rings. The topological polar surface area (TPSA) is 95.5 Å². The van der Waals surface area contributed by atoms with E-state index in [0.29, 0.717) is 17.0 Å². The van der Waals surface area contributed by atoms with Gasteiger partial charge in [-0.1, -0.05) is 31.4 Å². The first-order valence-corrected chi connectivity index (χ1v) is 11.3. The Balaban J connectivity index is 1.54. The first-order chi connectivity index (χ1) is 13.9. The summed E-state index contributed by atoms with van der Waals surface area (Å²) in [5.41, 5.74) is 1.40. The van der Waals surface area contributed by atoms with Crippen molar-refractivity contribution in [3.63, 3.8) is 0 Å². The molecule has 2 amide bonds. The van der Waals surface area contributed by atoms with Crippen LogP contribution in [0.1, 0.15) is 59.3 Å². The zero-order chi connectivity index (χ0) is 20.7. The summed E-state index contributed by atoms with van der Waals surface area (Å²) in [6, 6.07) is 0.187. The van der Waals surface area contributed by atoms with Crippen LogP contribution in [0.4, 0.5) is 5.00 Å². The van der Waals surface area contributed by atoms with E-state index in [1.165, 1.54) is 17.8 Å². The highest BCUT2D eigenvalue weighted by molar-refractivity contribution is 7.16. The molecule has 3 aliphatic carbocycles. The molecule has 2 bridgehead atoms. The molecular formula is C22H28N2O4S. The molecule has 6 nitrogen and oxygen atoms in total. The minimum atomic E-state index is -0.921. The van der Waals surface area contributed by atoms with Gasteiger partial charge in [-0.25, -0.2) is 0 Å². The smallest absolute Gasteiger partial charge is 0.307 e. The van der Waals surface area contributed by atoms with E-state index < -0.39 is 17.8 Å². The van der Waals surface area contributed by atoms with Gasteiger partial charge >= 0.3 is 5.97 Å². The number of hydrogen-bond donors (Lipinski definition) is 3. The number of carbonyl (C=O) groups excluding carboxylic acids is 2. The number of fused-ring (bicyclic) bond motifs is 2. The Hall–Kier alpha value is -2.15. The largest absolute Gasteiger partial charge is 0.481 e. The third kappa shape index (κ3) is 3.72. The average Bonchev–Trinajstić information content (AvgIpc) is 3.36. The zero-order valence-corrected chi connectivity index (χ0v) is 17.7. The molecule has 3 aliphatic rings. The van der Waals surface area contributed by atoms with E-state index in [2.05, 4.69) is 10.6 Å². The number of aliphatic carboxylic acids is 1. The van der Waals surface area contributed by atoms with Gasteiger partial charge in [0.05, 0.1) is 17.4 Å². The van der Waals surface area contributed by atoms with Crippen molar-refractivity contribution < 1.29 is 19.5 Å². The lowest BCUT2D eigenvalue weighted by Gasteiger charge is -2.24. The van der Waals surface area contributed by atoms with Gasteiger partial charge < -0.3 is 15.7 Å². The monoisotopic (exact) mass is 416 g/mol. The fourth-order valence-electron chi connectivity index (χ4n) is 5.20. The molecule has 1 aromatic heterocycles. The van der Waals surface area contributed by atoms with Crippen molar-refractivity contribution in [1.82, 2.24) is 5.32 Å². The first kappa shape index (κ1) is 20.1. The number of anilines is 1. The summed E-state index contributed by atoms with van der Waals surface area (Å²) in [5, 5.41) is 16.2. The summed E-state index contributed by atoms with van der Waals surface area (Å²) < 4.78 is 0. The number of carbonyl (C=O) groups is 3. The molecule has 7 heteroatoms. The van der Waals surface area contributed by atoms with E-state index in [1.807, 2.05) is 26.0 Å². The molecule has 0 saturated heterocycles. The molecule has 3 N–H and O–H groups in total. The van der Waals surface area contributed by atoms with Crippen LogP contribution in [0, 0.1) is 37.5 Å². The van der Waals surface area contributed by atoms with Gasteiger partial charge in [-0.15, -0.1) is 11.3 Å². The van der Waals surface area contributed by atoms with Crippen molar-refractivity contribution in [1.29, 1.82) is 0 Å². The molecule has 29 heavy (non-hydrogen) atoms. The Bertz CT molecular complexity index is 868. The third-order valence-corrected chi connectivity index (χ3v) is 7.96. The molecule has 0 unspecified atom stereocenters. The standard InChI is InChI=1S/C22H28N2O4S/c1-11-12(2)29-21(16(11)19(25)23-15-6-4-3-5-7-15)24-20(26)17-13-8-9-14(10-13)18(17)22(27)28/h8-9,13-15,17-18H,3-7,10H2,1-2H3,(H,23,25)(H,24,26)(H,27,28)/t13-,14-,17-,18+/m0/s1. The maximum atomic E-state index is 13.1. The van der Waals surface area contributed by atoms with Crippen molar-refractivity contribution in [2.24, 2.45) is 23.7 Å². The van der Waals surface area contributed by atoms with Crippen LogP contribution < -0.4 is 10.6 Å². The number of allylic oxidation sites excluding steroid dienone is 2. The SMILES string of the molecule is Cc1sc(NC(=O)[C@@H]2[C@H](C(=O)O)[C@H]3C=C[C@H]2C3)c(C(=O)NC2CCCCC2)c1C. The molecule has 0 radical (unpaired) electrons. The predicted molar refractivity (Wildman–Crippen MR) is 112 cm³/mol. The second kappa shape index (κ2) is 7.94. The van der Waals surface area contributed by atoms with E-state index in [0.717, 1.165) is 36.1 Å².